The summed E-state index contributed by atoms with van der Waals surface area (Å²) in [6.07, 6.45) is 1.82. The van der Waals surface area contributed by atoms with Crippen molar-refractivity contribution in [1.82, 2.24) is 4.57 Å². The van der Waals surface area contributed by atoms with E-state index in [0.29, 0.717) is 0 Å². The molecule has 0 fully saturated rings. The van der Waals surface area contributed by atoms with E-state index in [-0.39, 0.29) is 5.69 Å². The summed E-state index contributed by atoms with van der Waals surface area (Å²) < 4.78 is 3.57. The number of benzene rings is 1. The van der Waals surface area contributed by atoms with Crippen molar-refractivity contribution in [2.45, 2.75) is 6.92 Å². The van der Waals surface area contributed by atoms with E-state index in [2.05, 4.69) is 38.5 Å². The Kier molecular flexibility index (Phi) is 3.58. The molecule has 2 rings (SSSR count). The number of carboxylic acid groups (broad SMARTS) is 1. The van der Waals surface area contributed by atoms with E-state index in [1.165, 1.54) is 0 Å². The Morgan fingerprint density at radius 1 is 1.47 bits per heavy atom. The van der Waals surface area contributed by atoms with Crippen LogP contribution < -0.4 is 0 Å². The van der Waals surface area contributed by atoms with Crippen molar-refractivity contribution in [3.63, 3.8) is 0 Å². The molecule has 1 heterocycles. The Morgan fingerprint density at radius 2 is 2.18 bits per heavy atom. The Bertz CT molecular complexity index is 592. The minimum Gasteiger partial charge on any atom is -0.477 e. The van der Waals surface area contributed by atoms with Crippen LogP contribution in [0.2, 0.25) is 0 Å². The Balaban J connectivity index is 2.68. The number of rotatable bonds is 2. The first kappa shape index (κ1) is 12.6. The van der Waals surface area contributed by atoms with Crippen LogP contribution in [-0.4, -0.2) is 15.6 Å². The third-order valence-electron chi connectivity index (χ3n) is 2.50. The average molecular weight is 406 g/mol. The van der Waals surface area contributed by atoms with Gasteiger partial charge in [-0.15, -0.1) is 0 Å². The molecule has 0 aliphatic carbocycles. The quantitative estimate of drug-likeness (QED) is 0.771. The van der Waals surface area contributed by atoms with Gasteiger partial charge in [-0.2, -0.15) is 0 Å². The summed E-state index contributed by atoms with van der Waals surface area (Å²) in [7, 11) is 0. The van der Waals surface area contributed by atoms with Gasteiger partial charge < -0.3 is 9.67 Å². The summed E-state index contributed by atoms with van der Waals surface area (Å²) >= 11 is 5.56. The lowest BCUT2D eigenvalue weighted by molar-refractivity contribution is 0.0688. The normalized spacial score (nSPS) is 10.5. The van der Waals surface area contributed by atoms with E-state index >= 15 is 0 Å². The zero-order valence-electron chi connectivity index (χ0n) is 8.95. The molecule has 0 atom stereocenters. The van der Waals surface area contributed by atoms with Crippen LogP contribution in [0.25, 0.3) is 5.69 Å². The molecule has 17 heavy (non-hydrogen) atoms. The standard InChI is InChI=1S/C12H9BrINO2/c1-7-9(13)3-2-4-10(7)15-6-8(14)5-11(15)12(16)17/h2-6H,1H3,(H,16,17). The van der Waals surface area contributed by atoms with E-state index in [1.807, 2.05) is 31.3 Å². The third-order valence-corrected chi connectivity index (χ3v) is 3.95. The van der Waals surface area contributed by atoms with Crippen LogP contribution in [-0.2, 0) is 0 Å². The van der Waals surface area contributed by atoms with E-state index in [4.69, 9.17) is 5.11 Å². The van der Waals surface area contributed by atoms with Crippen LogP contribution in [0.15, 0.2) is 34.9 Å². The first-order chi connectivity index (χ1) is 8.00. The van der Waals surface area contributed by atoms with Gasteiger partial charge in [0, 0.05) is 19.9 Å². The highest BCUT2D eigenvalue weighted by Gasteiger charge is 2.14. The molecule has 88 valence electrons. The van der Waals surface area contributed by atoms with Gasteiger partial charge in [0.05, 0.1) is 0 Å². The van der Waals surface area contributed by atoms with Crippen LogP contribution in [0, 0.1) is 10.5 Å². The topological polar surface area (TPSA) is 42.2 Å². The number of aromatic carboxylic acids is 1. The Labute approximate surface area is 121 Å². The number of nitrogens with zero attached hydrogens (tertiary/aromatic N) is 1. The summed E-state index contributed by atoms with van der Waals surface area (Å²) in [5, 5.41) is 9.16. The summed E-state index contributed by atoms with van der Waals surface area (Å²) in [5.74, 6) is -0.924. The zero-order chi connectivity index (χ0) is 12.6. The van der Waals surface area contributed by atoms with Crippen molar-refractivity contribution in [2.24, 2.45) is 0 Å². The first-order valence-electron chi connectivity index (χ1n) is 4.87. The Hall–Kier alpha value is -0.820. The second kappa shape index (κ2) is 4.81. The van der Waals surface area contributed by atoms with Crippen LogP contribution in [0.4, 0.5) is 0 Å². The van der Waals surface area contributed by atoms with Crippen LogP contribution >= 0.6 is 38.5 Å². The highest BCUT2D eigenvalue weighted by Crippen LogP contribution is 2.25. The molecule has 1 N–H and O–H groups in total. The van der Waals surface area contributed by atoms with Crippen molar-refractivity contribution in [3.05, 3.63) is 49.8 Å². The summed E-state index contributed by atoms with van der Waals surface area (Å²) in [6, 6.07) is 7.39. The fourth-order valence-corrected chi connectivity index (χ4v) is 2.58. The minimum absolute atomic E-state index is 0.274. The monoisotopic (exact) mass is 405 g/mol. The van der Waals surface area contributed by atoms with E-state index < -0.39 is 5.97 Å². The second-order valence-corrected chi connectivity index (χ2v) is 5.70. The average Bonchev–Trinajstić information content (AvgIpc) is 2.64. The maximum Gasteiger partial charge on any atom is 0.352 e. The van der Waals surface area contributed by atoms with Crippen LogP contribution in [0.5, 0.6) is 0 Å². The number of hydrogen-bond donors (Lipinski definition) is 1. The third kappa shape index (κ3) is 2.40. The smallest absolute Gasteiger partial charge is 0.352 e. The van der Waals surface area contributed by atoms with Crippen LogP contribution in [0.3, 0.4) is 0 Å². The minimum atomic E-state index is -0.924. The van der Waals surface area contributed by atoms with Crippen molar-refractivity contribution < 1.29 is 9.90 Å². The van der Waals surface area contributed by atoms with Gasteiger partial charge in [0.1, 0.15) is 5.69 Å². The lowest BCUT2D eigenvalue weighted by atomic mass is 10.2. The fourth-order valence-electron chi connectivity index (χ4n) is 1.65. The molecule has 0 unspecified atom stereocenters. The van der Waals surface area contributed by atoms with E-state index in [0.717, 1.165) is 19.3 Å². The summed E-state index contributed by atoms with van der Waals surface area (Å²) in [4.78, 5) is 11.2. The SMILES string of the molecule is Cc1c(Br)cccc1-n1cc(I)cc1C(=O)O. The number of carbonyl (C=O) groups is 1. The molecule has 1 aromatic carbocycles. The predicted molar refractivity (Wildman–Crippen MR) is 77.9 cm³/mol. The van der Waals surface area contributed by atoms with Crippen molar-refractivity contribution in [1.29, 1.82) is 0 Å². The number of hydrogen-bond acceptors (Lipinski definition) is 1. The van der Waals surface area contributed by atoms with Crippen LogP contribution in [0.1, 0.15) is 16.1 Å². The molecular weight excluding hydrogens is 397 g/mol. The highest BCUT2D eigenvalue weighted by molar-refractivity contribution is 14.1. The van der Waals surface area contributed by atoms with Gasteiger partial charge in [0.25, 0.3) is 0 Å². The number of halogens is 2. The second-order valence-electron chi connectivity index (χ2n) is 3.60. The molecule has 0 saturated carbocycles. The molecule has 0 aliphatic heterocycles. The molecule has 0 saturated heterocycles. The van der Waals surface area contributed by atoms with E-state index in [9.17, 15) is 4.79 Å². The van der Waals surface area contributed by atoms with Gasteiger partial charge in [-0.3, -0.25) is 0 Å². The zero-order valence-corrected chi connectivity index (χ0v) is 12.7. The first-order valence-corrected chi connectivity index (χ1v) is 6.74. The molecule has 0 bridgehead atoms. The largest absolute Gasteiger partial charge is 0.477 e. The molecule has 0 spiro atoms. The molecule has 3 nitrogen and oxygen atoms in total. The Morgan fingerprint density at radius 3 is 2.82 bits per heavy atom. The lowest BCUT2D eigenvalue weighted by Gasteiger charge is -2.10. The lowest BCUT2D eigenvalue weighted by Crippen LogP contribution is -2.06. The van der Waals surface area contributed by atoms with Crippen molar-refractivity contribution in [3.8, 4) is 5.69 Å². The van der Waals surface area contributed by atoms with Gasteiger partial charge in [-0.1, -0.05) is 22.0 Å². The fraction of sp³-hybridized carbons (Fsp3) is 0.0833. The molecule has 2 aromatic rings. The van der Waals surface area contributed by atoms with Gasteiger partial charge >= 0.3 is 5.97 Å². The molecule has 1 aromatic heterocycles. The molecular formula is C12H9BrINO2. The predicted octanol–water partition coefficient (Wildman–Crippen LogP) is 3.85. The number of aromatic nitrogens is 1. The maximum atomic E-state index is 11.2. The molecule has 0 radical (unpaired) electrons. The summed E-state index contributed by atoms with van der Waals surface area (Å²) in [6.45, 7) is 1.96. The van der Waals surface area contributed by atoms with E-state index in [1.54, 1.807) is 10.6 Å². The summed E-state index contributed by atoms with van der Waals surface area (Å²) in [5.41, 5.74) is 2.16. The van der Waals surface area contributed by atoms with Gasteiger partial charge in [0.15, 0.2) is 0 Å². The van der Waals surface area contributed by atoms with Crippen molar-refractivity contribution in [2.75, 3.05) is 0 Å². The highest BCUT2D eigenvalue weighted by atomic mass is 127. The number of carboxylic acids is 1. The van der Waals surface area contributed by atoms with Gasteiger partial charge in [0.2, 0.25) is 0 Å². The van der Waals surface area contributed by atoms with Gasteiger partial charge in [-0.05, 0) is 53.3 Å². The van der Waals surface area contributed by atoms with Gasteiger partial charge in [-0.25, -0.2) is 4.79 Å². The molecule has 5 heteroatoms. The molecule has 0 aliphatic rings. The molecule has 0 amide bonds. The maximum absolute atomic E-state index is 11.2. The van der Waals surface area contributed by atoms with Crippen molar-refractivity contribution >= 4 is 44.5 Å².